The molecule has 0 nitrogen and oxygen atoms in total. The van der Waals surface area contributed by atoms with Gasteiger partial charge in [-0.05, 0) is 86.3 Å². The first-order valence-electron chi connectivity index (χ1n) is 9.87. The maximum atomic E-state index is 13.6. The number of rotatable bonds is 4. The Morgan fingerprint density at radius 2 is 1.52 bits per heavy atom. The summed E-state index contributed by atoms with van der Waals surface area (Å²) < 4.78 is 13.6. The van der Waals surface area contributed by atoms with Crippen LogP contribution in [0.25, 0.3) is 0 Å². The molecule has 0 radical (unpaired) electrons. The van der Waals surface area contributed by atoms with E-state index < -0.39 is 0 Å². The lowest BCUT2D eigenvalue weighted by atomic mass is 9.69. The van der Waals surface area contributed by atoms with Crippen molar-refractivity contribution in [3.63, 3.8) is 0 Å². The average molecular weight is 317 g/mol. The highest BCUT2D eigenvalue weighted by atomic mass is 19.1. The summed E-state index contributed by atoms with van der Waals surface area (Å²) >= 11 is 0. The first-order chi connectivity index (χ1) is 11.1. The van der Waals surface area contributed by atoms with Crippen LogP contribution in [0.3, 0.4) is 0 Å². The smallest absolute Gasteiger partial charge is 0.126 e. The Morgan fingerprint density at radius 3 is 2.13 bits per heavy atom. The highest BCUT2D eigenvalue weighted by Crippen LogP contribution is 2.42. The highest BCUT2D eigenvalue weighted by Gasteiger charge is 2.29. The van der Waals surface area contributed by atoms with Gasteiger partial charge in [0.15, 0.2) is 0 Å². The molecule has 0 atom stereocenters. The van der Waals surface area contributed by atoms with E-state index in [-0.39, 0.29) is 5.82 Å². The van der Waals surface area contributed by atoms with Gasteiger partial charge in [0.1, 0.15) is 5.82 Å². The van der Waals surface area contributed by atoms with E-state index in [4.69, 9.17) is 0 Å². The van der Waals surface area contributed by atoms with Crippen molar-refractivity contribution in [2.75, 3.05) is 0 Å². The zero-order valence-electron chi connectivity index (χ0n) is 15.0. The Kier molecular flexibility index (Phi) is 5.77. The van der Waals surface area contributed by atoms with Gasteiger partial charge in [0.2, 0.25) is 0 Å². The Labute approximate surface area is 141 Å². The summed E-state index contributed by atoms with van der Waals surface area (Å²) in [5.41, 5.74) is 1.94. The van der Waals surface area contributed by atoms with Gasteiger partial charge < -0.3 is 0 Å². The molecule has 0 heterocycles. The van der Waals surface area contributed by atoms with Crippen molar-refractivity contribution >= 4 is 0 Å². The van der Waals surface area contributed by atoms with Crippen LogP contribution in [0.1, 0.15) is 75.8 Å². The van der Waals surface area contributed by atoms with Gasteiger partial charge >= 0.3 is 0 Å². The molecule has 0 N–H and O–H groups in total. The van der Waals surface area contributed by atoms with Crippen LogP contribution in [-0.2, 0) is 6.42 Å². The van der Waals surface area contributed by atoms with Crippen LogP contribution in [0.4, 0.5) is 4.39 Å². The molecule has 0 amide bonds. The van der Waals surface area contributed by atoms with Gasteiger partial charge in [-0.3, -0.25) is 0 Å². The van der Waals surface area contributed by atoms with Crippen molar-refractivity contribution < 1.29 is 4.39 Å². The first-order valence-corrected chi connectivity index (χ1v) is 9.87. The van der Waals surface area contributed by atoms with Crippen LogP contribution in [0.15, 0.2) is 18.2 Å². The molecule has 1 aromatic carbocycles. The first kappa shape index (κ1) is 17.0. The molecular weight excluding hydrogens is 283 g/mol. The third kappa shape index (κ3) is 4.58. The third-order valence-corrected chi connectivity index (χ3v) is 6.70. The summed E-state index contributed by atoms with van der Waals surface area (Å²) in [5, 5.41) is 0. The van der Waals surface area contributed by atoms with Crippen LogP contribution < -0.4 is 0 Å². The summed E-state index contributed by atoms with van der Waals surface area (Å²) in [7, 11) is 0. The monoisotopic (exact) mass is 316 g/mol. The fourth-order valence-corrected chi connectivity index (χ4v) is 4.87. The lowest BCUT2D eigenvalue weighted by Crippen LogP contribution is -2.25. The minimum Gasteiger partial charge on any atom is -0.207 e. The Hall–Kier alpha value is -0.850. The van der Waals surface area contributed by atoms with Gasteiger partial charge in [-0.2, -0.15) is 0 Å². The predicted octanol–water partition coefficient (Wildman–Crippen LogP) is 6.70. The molecule has 23 heavy (non-hydrogen) atoms. The second-order valence-electron chi connectivity index (χ2n) is 8.42. The molecule has 128 valence electrons. The van der Waals surface area contributed by atoms with Crippen molar-refractivity contribution in [2.45, 2.75) is 78.1 Å². The zero-order valence-corrected chi connectivity index (χ0v) is 15.0. The highest BCUT2D eigenvalue weighted by molar-refractivity contribution is 5.23. The lowest BCUT2D eigenvalue weighted by molar-refractivity contribution is 0.148. The molecule has 1 heteroatoms. The van der Waals surface area contributed by atoms with E-state index in [0.29, 0.717) is 0 Å². The summed E-state index contributed by atoms with van der Waals surface area (Å²) in [6.07, 6.45) is 13.9. The van der Waals surface area contributed by atoms with Crippen LogP contribution in [0.5, 0.6) is 0 Å². The zero-order chi connectivity index (χ0) is 16.2. The van der Waals surface area contributed by atoms with Gasteiger partial charge in [-0.25, -0.2) is 4.39 Å². The SMILES string of the molecule is Cc1ccc(CCC2CCC(C3CCC(C)CC3)CC2)cc1F. The van der Waals surface area contributed by atoms with Gasteiger partial charge in [0.25, 0.3) is 0 Å². The Morgan fingerprint density at radius 1 is 0.913 bits per heavy atom. The predicted molar refractivity (Wildman–Crippen MR) is 96.0 cm³/mol. The van der Waals surface area contributed by atoms with Gasteiger partial charge in [0, 0.05) is 0 Å². The fraction of sp³-hybridized carbons (Fsp3) is 0.727. The van der Waals surface area contributed by atoms with Crippen molar-refractivity contribution in [1.82, 2.24) is 0 Å². The summed E-state index contributed by atoms with van der Waals surface area (Å²) in [6, 6.07) is 5.77. The number of hydrogen-bond acceptors (Lipinski definition) is 0. The molecule has 0 aliphatic heterocycles. The molecule has 2 aliphatic carbocycles. The van der Waals surface area contributed by atoms with E-state index in [2.05, 4.69) is 13.0 Å². The molecule has 1 aromatic rings. The largest absolute Gasteiger partial charge is 0.207 e. The lowest BCUT2D eigenvalue weighted by Gasteiger charge is -2.37. The molecule has 2 fully saturated rings. The quantitative estimate of drug-likeness (QED) is 0.580. The van der Waals surface area contributed by atoms with E-state index in [1.165, 1.54) is 63.4 Å². The molecule has 3 rings (SSSR count). The van der Waals surface area contributed by atoms with Crippen molar-refractivity contribution in [2.24, 2.45) is 23.7 Å². The van der Waals surface area contributed by atoms with Crippen LogP contribution in [0.2, 0.25) is 0 Å². The summed E-state index contributed by atoms with van der Waals surface area (Å²) in [4.78, 5) is 0. The molecule has 0 bridgehead atoms. The second-order valence-corrected chi connectivity index (χ2v) is 8.42. The molecule has 2 aliphatic rings. The van der Waals surface area contributed by atoms with E-state index in [9.17, 15) is 4.39 Å². The molecular formula is C22H33F. The number of hydrogen-bond donors (Lipinski definition) is 0. The fourth-order valence-electron chi connectivity index (χ4n) is 4.87. The maximum Gasteiger partial charge on any atom is 0.126 e. The van der Waals surface area contributed by atoms with Crippen LogP contribution in [0, 0.1) is 36.4 Å². The Balaban J connectivity index is 1.41. The molecule has 2 saturated carbocycles. The Bertz CT molecular complexity index is 491. The van der Waals surface area contributed by atoms with Crippen molar-refractivity contribution in [1.29, 1.82) is 0 Å². The van der Waals surface area contributed by atoms with E-state index in [0.717, 1.165) is 35.7 Å². The standard InChI is InChI=1S/C22H33F/c1-16-3-11-20(12-4-16)21-13-9-18(10-14-21)7-8-19-6-5-17(2)22(23)15-19/h5-6,15-16,18,20-21H,3-4,7-14H2,1-2H3. The topological polar surface area (TPSA) is 0 Å². The molecule has 0 saturated heterocycles. The third-order valence-electron chi connectivity index (χ3n) is 6.70. The number of aryl methyl sites for hydroxylation is 2. The van der Waals surface area contributed by atoms with Gasteiger partial charge in [-0.15, -0.1) is 0 Å². The summed E-state index contributed by atoms with van der Waals surface area (Å²) in [5.74, 6) is 3.84. The van der Waals surface area contributed by atoms with Gasteiger partial charge in [-0.1, -0.05) is 44.7 Å². The van der Waals surface area contributed by atoms with E-state index >= 15 is 0 Å². The van der Waals surface area contributed by atoms with E-state index in [1.54, 1.807) is 6.07 Å². The van der Waals surface area contributed by atoms with Crippen molar-refractivity contribution in [3.05, 3.63) is 35.1 Å². The minimum atomic E-state index is -0.0438. The van der Waals surface area contributed by atoms with Crippen molar-refractivity contribution in [3.8, 4) is 0 Å². The summed E-state index contributed by atoms with van der Waals surface area (Å²) in [6.45, 7) is 4.26. The van der Waals surface area contributed by atoms with Crippen LogP contribution >= 0.6 is 0 Å². The second kappa shape index (κ2) is 7.81. The number of halogens is 1. The van der Waals surface area contributed by atoms with Gasteiger partial charge in [0.05, 0.1) is 0 Å². The normalized spacial score (nSPS) is 32.0. The molecule has 0 spiro atoms. The molecule has 0 aromatic heterocycles. The number of benzene rings is 1. The average Bonchev–Trinajstić information content (AvgIpc) is 2.57. The maximum absolute atomic E-state index is 13.6. The van der Waals surface area contributed by atoms with Crippen LogP contribution in [-0.4, -0.2) is 0 Å². The van der Waals surface area contributed by atoms with E-state index in [1.807, 2.05) is 13.0 Å². The minimum absolute atomic E-state index is 0.0438. The molecule has 0 unspecified atom stereocenters.